The molecule has 1 fully saturated rings. The predicted octanol–water partition coefficient (Wildman–Crippen LogP) is 2.38. The van der Waals surface area contributed by atoms with Gasteiger partial charge in [0, 0.05) is 26.4 Å². The van der Waals surface area contributed by atoms with Gasteiger partial charge in [-0.05, 0) is 48.8 Å². The van der Waals surface area contributed by atoms with Crippen LogP contribution in [0.5, 0.6) is 0 Å². The third kappa shape index (κ3) is 4.97. The van der Waals surface area contributed by atoms with Crippen LogP contribution >= 0.6 is 0 Å². The lowest BCUT2D eigenvalue weighted by Gasteiger charge is -2.41. The fourth-order valence-electron chi connectivity index (χ4n) is 3.05. The van der Waals surface area contributed by atoms with Crippen molar-refractivity contribution in [2.45, 2.75) is 43.9 Å². The molecule has 0 heterocycles. The molecule has 1 saturated carbocycles. The fourth-order valence-corrected chi connectivity index (χ4v) is 3.68. The van der Waals surface area contributed by atoms with E-state index < -0.39 is 9.84 Å². The van der Waals surface area contributed by atoms with Crippen molar-refractivity contribution in [2.75, 3.05) is 26.4 Å². The molecule has 24 heavy (non-hydrogen) atoms. The van der Waals surface area contributed by atoms with E-state index in [1.807, 2.05) is 12.1 Å². The van der Waals surface area contributed by atoms with Crippen molar-refractivity contribution in [1.82, 2.24) is 10.6 Å². The maximum absolute atomic E-state index is 11.5. The van der Waals surface area contributed by atoms with E-state index >= 15 is 0 Å². The highest BCUT2D eigenvalue weighted by atomic mass is 32.2. The van der Waals surface area contributed by atoms with Gasteiger partial charge in [-0.3, -0.25) is 4.99 Å². The minimum Gasteiger partial charge on any atom is -0.356 e. The Kier molecular flexibility index (Phi) is 6.27. The zero-order chi connectivity index (χ0) is 17.6. The minimum atomic E-state index is -3.12. The van der Waals surface area contributed by atoms with E-state index in [9.17, 15) is 8.42 Å². The molecule has 0 aromatic heterocycles. The molecule has 0 saturated heterocycles. The van der Waals surface area contributed by atoms with Crippen LogP contribution in [0.1, 0.15) is 38.2 Å². The highest BCUT2D eigenvalue weighted by Crippen LogP contribution is 2.42. The number of nitrogens with zero attached hydrogens (tertiary/aromatic N) is 1. The third-order valence-corrected chi connectivity index (χ3v) is 6.20. The van der Waals surface area contributed by atoms with Gasteiger partial charge in [-0.2, -0.15) is 0 Å². The number of guanidine groups is 1. The van der Waals surface area contributed by atoms with Crippen molar-refractivity contribution in [3.63, 3.8) is 0 Å². The first-order valence-electron chi connectivity index (χ1n) is 8.62. The summed E-state index contributed by atoms with van der Waals surface area (Å²) in [6.45, 7) is 4.00. The van der Waals surface area contributed by atoms with Gasteiger partial charge < -0.3 is 10.6 Å². The number of nitrogens with one attached hydrogen (secondary N) is 2. The Morgan fingerprint density at radius 1 is 1.21 bits per heavy atom. The van der Waals surface area contributed by atoms with Crippen molar-refractivity contribution in [3.05, 3.63) is 29.8 Å². The second kappa shape index (κ2) is 8.01. The summed E-state index contributed by atoms with van der Waals surface area (Å²) in [5.74, 6) is 0.836. The first-order valence-corrected chi connectivity index (χ1v) is 10.5. The summed E-state index contributed by atoms with van der Waals surface area (Å²) in [6.07, 6.45) is 7.21. The lowest BCUT2D eigenvalue weighted by molar-refractivity contribution is 0.131. The van der Waals surface area contributed by atoms with Gasteiger partial charge in [-0.25, -0.2) is 8.42 Å². The van der Waals surface area contributed by atoms with Crippen LogP contribution in [0.15, 0.2) is 34.2 Å². The van der Waals surface area contributed by atoms with Gasteiger partial charge in [0.2, 0.25) is 0 Å². The van der Waals surface area contributed by atoms with Crippen LogP contribution in [0, 0.1) is 5.41 Å². The monoisotopic (exact) mass is 351 g/mol. The molecule has 2 rings (SSSR count). The number of sulfone groups is 1. The summed E-state index contributed by atoms with van der Waals surface area (Å²) in [7, 11) is -1.34. The molecule has 134 valence electrons. The van der Waals surface area contributed by atoms with E-state index in [0.29, 0.717) is 10.3 Å². The third-order valence-electron chi connectivity index (χ3n) is 5.08. The van der Waals surface area contributed by atoms with Crippen LogP contribution in [0.4, 0.5) is 0 Å². The quantitative estimate of drug-likeness (QED) is 0.584. The molecule has 0 unspecified atom stereocenters. The van der Waals surface area contributed by atoms with Crippen LogP contribution in [0.3, 0.4) is 0 Å². The van der Waals surface area contributed by atoms with E-state index in [1.54, 1.807) is 19.2 Å². The van der Waals surface area contributed by atoms with Crippen molar-refractivity contribution in [1.29, 1.82) is 0 Å². The second-order valence-corrected chi connectivity index (χ2v) is 8.74. The molecular formula is C18H29N3O2S. The Labute approximate surface area is 145 Å². The van der Waals surface area contributed by atoms with Gasteiger partial charge in [0.25, 0.3) is 0 Å². The van der Waals surface area contributed by atoms with E-state index in [4.69, 9.17) is 0 Å². The largest absolute Gasteiger partial charge is 0.356 e. The lowest BCUT2D eigenvalue weighted by Crippen LogP contribution is -2.46. The number of hydrogen-bond donors (Lipinski definition) is 2. The molecule has 1 aromatic rings. The smallest absolute Gasteiger partial charge is 0.191 e. The summed E-state index contributed by atoms with van der Waals surface area (Å²) < 4.78 is 22.9. The molecule has 0 radical (unpaired) electrons. The Balaban J connectivity index is 1.77. The number of aliphatic imine (C=N–C) groups is 1. The minimum absolute atomic E-state index is 0.363. The first-order chi connectivity index (χ1) is 11.4. The molecule has 0 spiro atoms. The molecule has 0 bridgehead atoms. The molecule has 1 aliphatic rings. The normalized spacial score (nSPS) is 17.2. The average Bonchev–Trinajstić information content (AvgIpc) is 2.52. The van der Waals surface area contributed by atoms with Gasteiger partial charge in [-0.15, -0.1) is 0 Å². The summed E-state index contributed by atoms with van der Waals surface area (Å²) in [5.41, 5.74) is 1.56. The molecule has 0 amide bonds. The van der Waals surface area contributed by atoms with Crippen molar-refractivity contribution in [3.8, 4) is 0 Å². The van der Waals surface area contributed by atoms with Crippen molar-refractivity contribution < 1.29 is 8.42 Å². The Hall–Kier alpha value is -1.56. The van der Waals surface area contributed by atoms with Crippen molar-refractivity contribution >= 4 is 15.8 Å². The Morgan fingerprint density at radius 2 is 1.88 bits per heavy atom. The number of benzene rings is 1. The highest BCUT2D eigenvalue weighted by Gasteiger charge is 2.34. The molecular weight excluding hydrogens is 322 g/mol. The summed E-state index contributed by atoms with van der Waals surface area (Å²) in [5, 5.41) is 6.77. The summed E-state index contributed by atoms with van der Waals surface area (Å²) in [4.78, 5) is 4.64. The predicted molar refractivity (Wildman–Crippen MR) is 99.2 cm³/mol. The second-order valence-electron chi connectivity index (χ2n) is 6.73. The molecule has 5 nitrogen and oxygen atoms in total. The molecule has 1 aliphatic carbocycles. The van der Waals surface area contributed by atoms with Crippen LogP contribution in [-0.2, 0) is 16.3 Å². The zero-order valence-corrected chi connectivity index (χ0v) is 15.7. The van der Waals surface area contributed by atoms with Gasteiger partial charge >= 0.3 is 0 Å². The maximum atomic E-state index is 11.5. The zero-order valence-electron chi connectivity index (χ0n) is 14.9. The number of hydrogen-bond acceptors (Lipinski definition) is 3. The average molecular weight is 352 g/mol. The van der Waals surface area contributed by atoms with Crippen LogP contribution in [0.25, 0.3) is 0 Å². The van der Waals surface area contributed by atoms with Gasteiger partial charge in [0.05, 0.1) is 4.90 Å². The van der Waals surface area contributed by atoms with Gasteiger partial charge in [0.15, 0.2) is 15.8 Å². The van der Waals surface area contributed by atoms with Gasteiger partial charge in [-0.1, -0.05) is 25.5 Å². The lowest BCUT2D eigenvalue weighted by atomic mass is 9.67. The van der Waals surface area contributed by atoms with E-state index in [1.165, 1.54) is 31.9 Å². The molecule has 0 aliphatic heterocycles. The maximum Gasteiger partial charge on any atom is 0.191 e. The molecule has 6 heteroatoms. The number of rotatable bonds is 7. The standard InChI is InChI=1S/C18H29N3O2S/c1-4-18(11-5-12-18)14-21-17(19-2)20-13-10-15-6-8-16(9-7-15)24(3,22)23/h6-9H,4-5,10-14H2,1-3H3,(H2,19,20,21). The fraction of sp³-hybridized carbons (Fsp3) is 0.611. The van der Waals surface area contributed by atoms with Crippen molar-refractivity contribution in [2.24, 2.45) is 10.4 Å². The van der Waals surface area contributed by atoms with Crippen LogP contribution < -0.4 is 10.6 Å². The molecule has 2 N–H and O–H groups in total. The SMILES string of the molecule is CCC1(CNC(=NC)NCCc2ccc(S(C)(=O)=O)cc2)CCC1. The summed E-state index contributed by atoms with van der Waals surface area (Å²) >= 11 is 0. The van der Waals surface area contributed by atoms with E-state index in [-0.39, 0.29) is 0 Å². The Bertz CT molecular complexity index is 656. The van der Waals surface area contributed by atoms with Gasteiger partial charge in [0.1, 0.15) is 0 Å². The van der Waals surface area contributed by atoms with Crippen LogP contribution in [0.2, 0.25) is 0 Å². The molecule has 0 atom stereocenters. The topological polar surface area (TPSA) is 70.6 Å². The molecule has 1 aromatic carbocycles. The van der Waals surface area contributed by atoms with Crippen LogP contribution in [-0.4, -0.2) is 40.8 Å². The highest BCUT2D eigenvalue weighted by molar-refractivity contribution is 7.90. The Morgan fingerprint density at radius 3 is 2.33 bits per heavy atom. The first kappa shape index (κ1) is 18.8. The summed E-state index contributed by atoms with van der Waals surface area (Å²) in [6, 6.07) is 7.07. The van der Waals surface area contributed by atoms with E-state index in [0.717, 1.165) is 31.0 Å². The van der Waals surface area contributed by atoms with E-state index in [2.05, 4.69) is 22.5 Å².